The summed E-state index contributed by atoms with van der Waals surface area (Å²) in [6, 6.07) is 5.35. The van der Waals surface area contributed by atoms with Crippen LogP contribution >= 0.6 is 23.4 Å². The number of rotatable bonds is 5. The Morgan fingerprint density at radius 3 is 2.69 bits per heavy atom. The lowest BCUT2D eigenvalue weighted by molar-refractivity contribution is 0.603. The molecule has 90 valence electrons. The summed E-state index contributed by atoms with van der Waals surface area (Å²) in [4.78, 5) is 0. The second-order valence-electron chi connectivity index (χ2n) is 3.53. The van der Waals surface area contributed by atoms with E-state index in [2.05, 4.69) is 0 Å². The normalized spacial score (nSPS) is 11.6. The van der Waals surface area contributed by atoms with E-state index < -0.39 is 9.84 Å². The van der Waals surface area contributed by atoms with Crippen molar-refractivity contribution in [3.8, 4) is 0 Å². The maximum Gasteiger partial charge on any atom is 0.148 e. The van der Waals surface area contributed by atoms with Crippen molar-refractivity contribution in [2.75, 3.05) is 23.5 Å². The van der Waals surface area contributed by atoms with Gasteiger partial charge in [-0.2, -0.15) is 11.8 Å². The van der Waals surface area contributed by atoms with Gasteiger partial charge in [-0.05, 0) is 17.7 Å². The number of benzene rings is 1. The van der Waals surface area contributed by atoms with Gasteiger partial charge in [0.15, 0.2) is 0 Å². The van der Waals surface area contributed by atoms with Gasteiger partial charge in [0.05, 0.1) is 5.75 Å². The molecule has 1 aromatic rings. The molecule has 0 spiro atoms. The summed E-state index contributed by atoms with van der Waals surface area (Å²) >= 11 is 7.32. The second-order valence-corrected chi connectivity index (χ2v) is 7.33. The molecule has 0 radical (unpaired) electrons. The maximum atomic E-state index is 10.9. The summed E-state index contributed by atoms with van der Waals surface area (Å²) < 4.78 is 21.8. The Bertz CT molecular complexity index is 460. The largest absolute Gasteiger partial charge is 0.398 e. The van der Waals surface area contributed by atoms with Crippen molar-refractivity contribution in [2.24, 2.45) is 0 Å². The van der Waals surface area contributed by atoms with Crippen LogP contribution in [0.2, 0.25) is 5.02 Å². The number of halogens is 1. The van der Waals surface area contributed by atoms with E-state index >= 15 is 0 Å². The minimum atomic E-state index is -2.87. The number of anilines is 1. The number of thioether (sulfide) groups is 1. The molecule has 1 aromatic carbocycles. The Morgan fingerprint density at radius 2 is 2.12 bits per heavy atom. The van der Waals surface area contributed by atoms with Crippen LogP contribution in [0, 0.1) is 0 Å². The number of nitrogen functional groups attached to an aromatic ring is 1. The highest BCUT2D eigenvalue weighted by Gasteiger charge is 2.03. The molecule has 0 aromatic heterocycles. The van der Waals surface area contributed by atoms with Gasteiger partial charge in [-0.1, -0.05) is 17.7 Å². The first-order chi connectivity index (χ1) is 7.38. The molecule has 0 atom stereocenters. The maximum absolute atomic E-state index is 10.9. The molecular weight excluding hydrogens is 266 g/mol. The van der Waals surface area contributed by atoms with Gasteiger partial charge in [0.2, 0.25) is 0 Å². The van der Waals surface area contributed by atoms with Gasteiger partial charge in [-0.3, -0.25) is 0 Å². The number of nitrogens with two attached hydrogens (primary N) is 1. The average Bonchev–Trinajstić information content (AvgIpc) is 2.13. The Labute approximate surface area is 105 Å². The first-order valence-electron chi connectivity index (χ1n) is 4.68. The van der Waals surface area contributed by atoms with Gasteiger partial charge in [0.1, 0.15) is 9.84 Å². The molecule has 6 heteroatoms. The van der Waals surface area contributed by atoms with E-state index in [4.69, 9.17) is 17.3 Å². The third-order valence-corrected chi connectivity index (χ3v) is 4.41. The van der Waals surface area contributed by atoms with Crippen LogP contribution in [0.5, 0.6) is 0 Å². The molecule has 0 saturated heterocycles. The fourth-order valence-electron chi connectivity index (χ4n) is 1.09. The van der Waals surface area contributed by atoms with Crippen LogP contribution in [0.4, 0.5) is 5.69 Å². The molecule has 0 aliphatic rings. The summed E-state index contributed by atoms with van der Waals surface area (Å²) in [5.41, 5.74) is 7.41. The van der Waals surface area contributed by atoms with E-state index in [1.54, 1.807) is 23.9 Å². The van der Waals surface area contributed by atoms with Crippen molar-refractivity contribution in [1.82, 2.24) is 0 Å². The molecule has 3 nitrogen and oxygen atoms in total. The highest BCUT2D eigenvalue weighted by molar-refractivity contribution is 7.99. The quantitative estimate of drug-likeness (QED) is 0.663. The molecule has 0 heterocycles. The average molecular weight is 280 g/mol. The van der Waals surface area contributed by atoms with Crippen LogP contribution in [-0.2, 0) is 15.6 Å². The lowest BCUT2D eigenvalue weighted by atomic mass is 10.2. The van der Waals surface area contributed by atoms with Crippen molar-refractivity contribution in [3.05, 3.63) is 28.8 Å². The highest BCUT2D eigenvalue weighted by Crippen LogP contribution is 2.22. The second kappa shape index (κ2) is 5.80. The molecule has 0 saturated carbocycles. The molecule has 16 heavy (non-hydrogen) atoms. The van der Waals surface area contributed by atoms with E-state index in [1.807, 2.05) is 6.07 Å². The monoisotopic (exact) mass is 279 g/mol. The van der Waals surface area contributed by atoms with Crippen molar-refractivity contribution < 1.29 is 8.42 Å². The van der Waals surface area contributed by atoms with Gasteiger partial charge < -0.3 is 5.73 Å². The van der Waals surface area contributed by atoms with Crippen LogP contribution in [0.3, 0.4) is 0 Å². The van der Waals surface area contributed by atoms with Gasteiger partial charge in [0.25, 0.3) is 0 Å². The van der Waals surface area contributed by atoms with Crippen LogP contribution < -0.4 is 5.73 Å². The molecule has 0 fully saturated rings. The van der Waals surface area contributed by atoms with Crippen molar-refractivity contribution in [2.45, 2.75) is 5.75 Å². The van der Waals surface area contributed by atoms with E-state index in [1.165, 1.54) is 6.26 Å². The molecule has 0 amide bonds. The zero-order valence-electron chi connectivity index (χ0n) is 8.94. The van der Waals surface area contributed by atoms with Gasteiger partial charge in [0, 0.05) is 28.5 Å². The third-order valence-electron chi connectivity index (χ3n) is 1.96. The lowest BCUT2D eigenvalue weighted by Gasteiger charge is -2.05. The Hall–Kier alpha value is -0.390. The number of hydrogen-bond acceptors (Lipinski definition) is 4. The molecular formula is C10H14ClNO2S2. The van der Waals surface area contributed by atoms with Crippen molar-refractivity contribution in [3.63, 3.8) is 0 Å². The van der Waals surface area contributed by atoms with E-state index in [-0.39, 0.29) is 5.75 Å². The zero-order valence-corrected chi connectivity index (χ0v) is 11.3. The third kappa shape index (κ3) is 5.09. The summed E-state index contributed by atoms with van der Waals surface area (Å²) in [7, 11) is -2.87. The van der Waals surface area contributed by atoms with E-state index in [0.29, 0.717) is 22.2 Å². The topological polar surface area (TPSA) is 60.2 Å². The Kier molecular flexibility index (Phi) is 4.95. The molecule has 1 rings (SSSR count). The SMILES string of the molecule is CS(=O)(=O)CCSCc1ccc(Cl)cc1N. The first kappa shape index (κ1) is 13.7. The predicted molar refractivity (Wildman–Crippen MR) is 71.7 cm³/mol. The minimum Gasteiger partial charge on any atom is -0.398 e. The van der Waals surface area contributed by atoms with Gasteiger partial charge in [-0.15, -0.1) is 0 Å². The molecule has 2 N–H and O–H groups in total. The number of hydrogen-bond donors (Lipinski definition) is 1. The van der Waals surface area contributed by atoms with Crippen molar-refractivity contribution in [1.29, 1.82) is 0 Å². The fourth-order valence-corrected chi connectivity index (χ4v) is 3.58. The Morgan fingerprint density at radius 1 is 1.44 bits per heavy atom. The molecule has 0 aliphatic carbocycles. The summed E-state index contributed by atoms with van der Waals surface area (Å²) in [6.07, 6.45) is 1.24. The van der Waals surface area contributed by atoms with Crippen LogP contribution in [0.25, 0.3) is 0 Å². The van der Waals surface area contributed by atoms with Crippen LogP contribution in [0.15, 0.2) is 18.2 Å². The van der Waals surface area contributed by atoms with Gasteiger partial charge >= 0.3 is 0 Å². The number of sulfone groups is 1. The molecule has 0 aliphatic heterocycles. The molecule has 0 unspecified atom stereocenters. The zero-order chi connectivity index (χ0) is 12.2. The van der Waals surface area contributed by atoms with Crippen LogP contribution in [0.1, 0.15) is 5.56 Å². The van der Waals surface area contributed by atoms with E-state index in [0.717, 1.165) is 5.56 Å². The summed E-state index contributed by atoms with van der Waals surface area (Å²) in [6.45, 7) is 0. The first-order valence-corrected chi connectivity index (χ1v) is 8.27. The Balaban J connectivity index is 2.43. The van der Waals surface area contributed by atoms with Gasteiger partial charge in [-0.25, -0.2) is 8.42 Å². The summed E-state index contributed by atoms with van der Waals surface area (Å²) in [5, 5.41) is 0.613. The van der Waals surface area contributed by atoms with E-state index in [9.17, 15) is 8.42 Å². The predicted octanol–water partition coefficient (Wildman–Crippen LogP) is 2.20. The lowest BCUT2D eigenvalue weighted by Crippen LogP contribution is -2.05. The fraction of sp³-hybridized carbons (Fsp3) is 0.400. The summed E-state index contributed by atoms with van der Waals surface area (Å²) in [5.74, 6) is 1.49. The minimum absolute atomic E-state index is 0.200. The standard InChI is InChI=1S/C10H14ClNO2S2/c1-16(13,14)5-4-15-7-8-2-3-9(11)6-10(8)12/h2-3,6H,4-5,7,12H2,1H3. The smallest absolute Gasteiger partial charge is 0.148 e. The van der Waals surface area contributed by atoms with Crippen molar-refractivity contribution >= 4 is 38.9 Å². The van der Waals surface area contributed by atoms with Crippen LogP contribution in [-0.4, -0.2) is 26.2 Å². The molecule has 0 bridgehead atoms. The highest BCUT2D eigenvalue weighted by atomic mass is 35.5.